The summed E-state index contributed by atoms with van der Waals surface area (Å²) in [4.78, 5) is 26.3. The van der Waals surface area contributed by atoms with Crippen LogP contribution in [0.4, 0.5) is 5.69 Å². The van der Waals surface area contributed by atoms with Gasteiger partial charge in [0.25, 0.3) is 5.91 Å². The summed E-state index contributed by atoms with van der Waals surface area (Å²) in [6.07, 6.45) is 3.21. The predicted octanol–water partition coefficient (Wildman–Crippen LogP) is 3.17. The van der Waals surface area contributed by atoms with Crippen molar-refractivity contribution in [2.75, 3.05) is 18.1 Å². The van der Waals surface area contributed by atoms with Crippen LogP contribution in [0.3, 0.4) is 0 Å². The Morgan fingerprint density at radius 3 is 2.83 bits per heavy atom. The van der Waals surface area contributed by atoms with Crippen LogP contribution in [-0.2, 0) is 17.6 Å². The Labute approximate surface area is 141 Å². The molecule has 0 atom stereocenters. The van der Waals surface area contributed by atoms with E-state index in [4.69, 9.17) is 4.74 Å². The third-order valence-electron chi connectivity index (χ3n) is 4.80. The fourth-order valence-corrected chi connectivity index (χ4v) is 3.60. The molecule has 122 valence electrons. The van der Waals surface area contributed by atoms with Crippen molar-refractivity contribution < 1.29 is 14.3 Å². The molecule has 1 heterocycles. The van der Waals surface area contributed by atoms with Crippen molar-refractivity contribution in [3.05, 3.63) is 59.2 Å². The number of carbonyl (C=O) groups excluding carboxylic acids is 2. The van der Waals surface area contributed by atoms with Crippen LogP contribution in [-0.4, -0.2) is 24.8 Å². The van der Waals surface area contributed by atoms with Gasteiger partial charge in [-0.25, -0.2) is 0 Å². The molecule has 2 aromatic rings. The van der Waals surface area contributed by atoms with Gasteiger partial charge in [-0.1, -0.05) is 30.3 Å². The van der Waals surface area contributed by atoms with Gasteiger partial charge in [-0.2, -0.15) is 0 Å². The topological polar surface area (TPSA) is 46.6 Å². The number of ether oxygens (including phenoxy) is 1. The number of aryl methyl sites for hydroxylation is 1. The van der Waals surface area contributed by atoms with Crippen LogP contribution in [0.5, 0.6) is 5.75 Å². The van der Waals surface area contributed by atoms with Crippen LogP contribution in [0, 0.1) is 0 Å². The molecule has 0 fully saturated rings. The van der Waals surface area contributed by atoms with Gasteiger partial charge in [0, 0.05) is 29.8 Å². The van der Waals surface area contributed by atoms with Gasteiger partial charge in [0.1, 0.15) is 5.75 Å². The van der Waals surface area contributed by atoms with Crippen LogP contribution in [0.15, 0.2) is 42.5 Å². The zero-order chi connectivity index (χ0) is 16.5. The number of hydrogen-bond donors (Lipinski definition) is 0. The zero-order valence-corrected chi connectivity index (χ0v) is 13.5. The number of nitrogens with zero attached hydrogens (tertiary/aromatic N) is 1. The number of anilines is 1. The molecule has 0 N–H and O–H groups in total. The molecule has 2 aromatic carbocycles. The van der Waals surface area contributed by atoms with E-state index in [0.717, 1.165) is 36.2 Å². The first-order valence-corrected chi connectivity index (χ1v) is 8.40. The second kappa shape index (κ2) is 6.11. The lowest BCUT2D eigenvalue weighted by molar-refractivity contribution is -0.120. The molecular formula is C20H19NO3. The molecule has 24 heavy (non-hydrogen) atoms. The first-order chi connectivity index (χ1) is 11.7. The van der Waals surface area contributed by atoms with Gasteiger partial charge in [0.05, 0.1) is 0 Å². The van der Waals surface area contributed by atoms with E-state index in [1.807, 2.05) is 41.3 Å². The number of hydrogen-bond acceptors (Lipinski definition) is 3. The van der Waals surface area contributed by atoms with E-state index in [1.54, 1.807) is 0 Å². The normalized spacial score (nSPS) is 15.8. The standard InChI is InChI=1S/C20H19NO3/c22-18-11-10-16-15(18)7-3-9-19(16)24-13-20(23)21-12-4-6-14-5-1-2-8-17(14)21/h1-3,5,7-9H,4,6,10-13H2. The fraction of sp³-hybridized carbons (Fsp3) is 0.300. The summed E-state index contributed by atoms with van der Waals surface area (Å²) in [7, 11) is 0. The Morgan fingerprint density at radius 2 is 1.92 bits per heavy atom. The molecule has 0 radical (unpaired) electrons. The molecule has 1 amide bonds. The SMILES string of the molecule is O=C1CCc2c(OCC(=O)N3CCCc4ccccc43)cccc21. The van der Waals surface area contributed by atoms with Crippen LogP contribution < -0.4 is 9.64 Å². The fourth-order valence-electron chi connectivity index (χ4n) is 3.60. The van der Waals surface area contributed by atoms with Crippen molar-refractivity contribution in [1.82, 2.24) is 0 Å². The quantitative estimate of drug-likeness (QED) is 0.872. The van der Waals surface area contributed by atoms with Crippen molar-refractivity contribution in [1.29, 1.82) is 0 Å². The average Bonchev–Trinajstić information content (AvgIpc) is 3.01. The summed E-state index contributed by atoms with van der Waals surface area (Å²) in [6, 6.07) is 13.5. The van der Waals surface area contributed by atoms with E-state index in [9.17, 15) is 9.59 Å². The number of amides is 1. The zero-order valence-electron chi connectivity index (χ0n) is 13.5. The monoisotopic (exact) mass is 321 g/mol. The minimum absolute atomic E-state index is 0.00101. The van der Waals surface area contributed by atoms with E-state index < -0.39 is 0 Å². The molecule has 0 aromatic heterocycles. The minimum atomic E-state index is -0.0379. The number of ketones is 1. The molecule has 1 aliphatic carbocycles. The van der Waals surface area contributed by atoms with Gasteiger partial charge in [-0.05, 0) is 37.0 Å². The molecule has 0 bridgehead atoms. The molecule has 0 spiro atoms. The molecule has 0 saturated heterocycles. The number of rotatable bonds is 3. The molecule has 4 heteroatoms. The van der Waals surface area contributed by atoms with Crippen molar-refractivity contribution in [3.63, 3.8) is 0 Å². The number of benzene rings is 2. The Kier molecular flexibility index (Phi) is 3.81. The maximum Gasteiger partial charge on any atom is 0.264 e. The molecule has 0 saturated carbocycles. The van der Waals surface area contributed by atoms with E-state index in [0.29, 0.717) is 18.6 Å². The van der Waals surface area contributed by atoms with Gasteiger partial charge in [-0.15, -0.1) is 0 Å². The van der Waals surface area contributed by atoms with Gasteiger partial charge >= 0.3 is 0 Å². The smallest absolute Gasteiger partial charge is 0.264 e. The summed E-state index contributed by atoms with van der Waals surface area (Å²) in [5.74, 6) is 0.785. The van der Waals surface area contributed by atoms with E-state index in [2.05, 4.69) is 6.07 Å². The second-order valence-corrected chi connectivity index (χ2v) is 6.27. The maximum atomic E-state index is 12.6. The van der Waals surface area contributed by atoms with E-state index in [-0.39, 0.29) is 18.3 Å². The highest BCUT2D eigenvalue weighted by Gasteiger charge is 2.25. The number of carbonyl (C=O) groups is 2. The highest BCUT2D eigenvalue weighted by atomic mass is 16.5. The lowest BCUT2D eigenvalue weighted by Gasteiger charge is -2.29. The lowest BCUT2D eigenvalue weighted by Crippen LogP contribution is -2.38. The van der Waals surface area contributed by atoms with Gasteiger partial charge in [0.2, 0.25) is 0 Å². The summed E-state index contributed by atoms with van der Waals surface area (Å²) < 4.78 is 5.78. The largest absolute Gasteiger partial charge is 0.483 e. The summed E-state index contributed by atoms with van der Waals surface area (Å²) in [6.45, 7) is 0.726. The third-order valence-corrected chi connectivity index (χ3v) is 4.80. The molecule has 4 nitrogen and oxygen atoms in total. The summed E-state index contributed by atoms with van der Waals surface area (Å²) in [5, 5.41) is 0. The second-order valence-electron chi connectivity index (χ2n) is 6.27. The Balaban J connectivity index is 1.50. The third kappa shape index (κ3) is 2.58. The average molecular weight is 321 g/mol. The molecular weight excluding hydrogens is 302 g/mol. The first-order valence-electron chi connectivity index (χ1n) is 8.40. The predicted molar refractivity (Wildman–Crippen MR) is 91.7 cm³/mol. The number of fused-ring (bicyclic) bond motifs is 2. The van der Waals surface area contributed by atoms with Crippen LogP contribution in [0.2, 0.25) is 0 Å². The highest BCUT2D eigenvalue weighted by molar-refractivity contribution is 6.01. The summed E-state index contributed by atoms with van der Waals surface area (Å²) in [5.41, 5.74) is 3.88. The molecule has 2 aliphatic rings. The van der Waals surface area contributed by atoms with E-state index in [1.165, 1.54) is 5.56 Å². The van der Waals surface area contributed by atoms with Gasteiger partial charge in [0.15, 0.2) is 12.4 Å². The number of Topliss-reactive ketones (excluding diaryl/α,β-unsaturated/α-hetero) is 1. The van der Waals surface area contributed by atoms with Crippen LogP contribution in [0.1, 0.15) is 34.3 Å². The van der Waals surface area contributed by atoms with Crippen LogP contribution >= 0.6 is 0 Å². The van der Waals surface area contributed by atoms with E-state index >= 15 is 0 Å². The Hall–Kier alpha value is -2.62. The number of para-hydroxylation sites is 1. The Bertz CT molecular complexity index is 812. The molecule has 1 aliphatic heterocycles. The van der Waals surface area contributed by atoms with Crippen molar-refractivity contribution in [3.8, 4) is 5.75 Å². The van der Waals surface area contributed by atoms with Crippen molar-refractivity contribution >= 4 is 17.4 Å². The molecule has 0 unspecified atom stereocenters. The van der Waals surface area contributed by atoms with Crippen molar-refractivity contribution in [2.45, 2.75) is 25.7 Å². The first kappa shape index (κ1) is 14.9. The Morgan fingerprint density at radius 1 is 1.04 bits per heavy atom. The molecule has 4 rings (SSSR count). The van der Waals surface area contributed by atoms with Crippen molar-refractivity contribution in [2.24, 2.45) is 0 Å². The highest BCUT2D eigenvalue weighted by Crippen LogP contribution is 2.31. The van der Waals surface area contributed by atoms with Gasteiger partial charge < -0.3 is 9.64 Å². The minimum Gasteiger partial charge on any atom is -0.483 e. The maximum absolute atomic E-state index is 12.6. The van der Waals surface area contributed by atoms with Crippen LogP contribution in [0.25, 0.3) is 0 Å². The van der Waals surface area contributed by atoms with Gasteiger partial charge in [-0.3, -0.25) is 9.59 Å². The lowest BCUT2D eigenvalue weighted by atomic mass is 10.0. The summed E-state index contributed by atoms with van der Waals surface area (Å²) >= 11 is 0.